The Bertz CT molecular complexity index is 1100. The molecule has 1 fully saturated rings. The van der Waals surface area contributed by atoms with Crippen molar-refractivity contribution in [3.63, 3.8) is 0 Å². The van der Waals surface area contributed by atoms with Crippen molar-refractivity contribution in [3.8, 4) is 23.0 Å². The maximum absolute atomic E-state index is 13.2. The third-order valence-corrected chi connectivity index (χ3v) is 5.75. The Kier molecular flexibility index (Phi) is 7.68. The molecular formula is C25H29NO8. The molecule has 182 valence electrons. The minimum Gasteiger partial charge on any atom is -0.507 e. The van der Waals surface area contributed by atoms with Crippen LogP contribution in [-0.2, 0) is 14.3 Å². The van der Waals surface area contributed by atoms with E-state index in [2.05, 4.69) is 0 Å². The van der Waals surface area contributed by atoms with E-state index in [9.17, 15) is 14.7 Å². The van der Waals surface area contributed by atoms with Crippen molar-refractivity contribution in [2.75, 3.05) is 48.7 Å². The molecule has 9 heteroatoms. The summed E-state index contributed by atoms with van der Waals surface area (Å²) in [6, 6.07) is 7.44. The van der Waals surface area contributed by atoms with Crippen molar-refractivity contribution in [1.29, 1.82) is 0 Å². The molecule has 0 radical (unpaired) electrons. The van der Waals surface area contributed by atoms with Crippen LogP contribution in [0.4, 0.5) is 0 Å². The number of carbonyl (C=O) groups excluding carboxylic acids is 2. The minimum atomic E-state index is -0.897. The number of rotatable bonds is 9. The average Bonchev–Trinajstić information content (AvgIpc) is 3.10. The van der Waals surface area contributed by atoms with Crippen LogP contribution in [0.5, 0.6) is 23.0 Å². The molecule has 1 saturated heterocycles. The molecule has 1 unspecified atom stereocenters. The van der Waals surface area contributed by atoms with Crippen LogP contribution >= 0.6 is 0 Å². The fourth-order valence-corrected chi connectivity index (χ4v) is 4.09. The van der Waals surface area contributed by atoms with Crippen molar-refractivity contribution in [2.45, 2.75) is 13.0 Å². The third-order valence-electron chi connectivity index (χ3n) is 5.75. The number of ketones is 1. The second kappa shape index (κ2) is 10.5. The number of hydrogen-bond donors (Lipinski definition) is 1. The van der Waals surface area contributed by atoms with Crippen LogP contribution in [0.3, 0.4) is 0 Å². The lowest BCUT2D eigenvalue weighted by atomic mass is 9.94. The van der Waals surface area contributed by atoms with Gasteiger partial charge in [0.15, 0.2) is 11.5 Å². The van der Waals surface area contributed by atoms with Crippen molar-refractivity contribution in [1.82, 2.24) is 4.90 Å². The number of aliphatic hydroxyl groups is 1. The summed E-state index contributed by atoms with van der Waals surface area (Å²) in [5.41, 5.74) is 1.63. The van der Waals surface area contributed by atoms with Crippen LogP contribution in [0.15, 0.2) is 35.9 Å². The van der Waals surface area contributed by atoms with Crippen molar-refractivity contribution in [3.05, 3.63) is 52.6 Å². The van der Waals surface area contributed by atoms with Gasteiger partial charge >= 0.3 is 0 Å². The molecule has 1 N–H and O–H groups in total. The molecule has 1 aliphatic rings. The quantitative estimate of drug-likeness (QED) is 0.338. The lowest BCUT2D eigenvalue weighted by molar-refractivity contribution is -0.140. The van der Waals surface area contributed by atoms with E-state index in [-0.39, 0.29) is 24.5 Å². The molecule has 3 rings (SSSR count). The van der Waals surface area contributed by atoms with Gasteiger partial charge in [-0.3, -0.25) is 9.59 Å². The maximum Gasteiger partial charge on any atom is 0.295 e. The number of likely N-dealkylation sites (tertiary alicyclic amines) is 1. The van der Waals surface area contributed by atoms with E-state index in [0.29, 0.717) is 34.1 Å². The van der Waals surface area contributed by atoms with E-state index in [1.165, 1.54) is 33.3 Å². The number of methoxy groups -OCH3 is 5. The number of Topliss-reactive ketones (excluding diaryl/α,β-unsaturated/α-hetero) is 1. The van der Waals surface area contributed by atoms with Crippen LogP contribution in [0.1, 0.15) is 22.7 Å². The van der Waals surface area contributed by atoms with Gasteiger partial charge in [-0.15, -0.1) is 0 Å². The molecule has 0 aromatic heterocycles. The van der Waals surface area contributed by atoms with E-state index in [0.717, 1.165) is 5.56 Å². The number of aryl methyl sites for hydroxylation is 1. The first kappa shape index (κ1) is 24.9. The molecule has 2 aromatic rings. The highest BCUT2D eigenvalue weighted by Gasteiger charge is 2.46. The second-order valence-electron chi connectivity index (χ2n) is 7.63. The number of amides is 1. The molecule has 0 bridgehead atoms. The van der Waals surface area contributed by atoms with Crippen LogP contribution in [0, 0.1) is 6.92 Å². The van der Waals surface area contributed by atoms with Gasteiger partial charge < -0.3 is 33.7 Å². The Labute approximate surface area is 198 Å². The van der Waals surface area contributed by atoms with Gasteiger partial charge in [0.2, 0.25) is 5.75 Å². The normalized spacial score (nSPS) is 17.1. The second-order valence-corrected chi connectivity index (χ2v) is 7.63. The Balaban J connectivity index is 2.26. The van der Waals surface area contributed by atoms with Gasteiger partial charge in [-0.05, 0) is 48.4 Å². The minimum absolute atomic E-state index is 0.0417. The number of carbonyl (C=O) groups is 2. The summed E-state index contributed by atoms with van der Waals surface area (Å²) < 4.78 is 26.8. The Morgan fingerprint density at radius 3 is 2.03 bits per heavy atom. The van der Waals surface area contributed by atoms with Gasteiger partial charge in [0.1, 0.15) is 11.5 Å². The molecule has 2 aromatic carbocycles. The number of aliphatic hydroxyl groups excluding tert-OH is 1. The molecule has 1 amide bonds. The summed E-state index contributed by atoms with van der Waals surface area (Å²) in [5.74, 6) is -0.0956. The fraction of sp³-hybridized carbons (Fsp3) is 0.360. The topological polar surface area (TPSA) is 104 Å². The van der Waals surface area contributed by atoms with Crippen molar-refractivity contribution >= 4 is 17.4 Å². The third kappa shape index (κ3) is 4.38. The van der Waals surface area contributed by atoms with E-state index < -0.39 is 17.7 Å². The largest absolute Gasteiger partial charge is 0.507 e. The zero-order valence-corrected chi connectivity index (χ0v) is 20.1. The predicted molar refractivity (Wildman–Crippen MR) is 125 cm³/mol. The maximum atomic E-state index is 13.2. The lowest BCUT2D eigenvalue weighted by Gasteiger charge is -2.26. The van der Waals surface area contributed by atoms with E-state index >= 15 is 0 Å². The Morgan fingerprint density at radius 1 is 0.912 bits per heavy atom. The molecule has 0 saturated carbocycles. The fourth-order valence-electron chi connectivity index (χ4n) is 4.09. The first-order valence-corrected chi connectivity index (χ1v) is 10.5. The standard InChI is InChI=1S/C25H29NO8/c1-14-11-15(7-8-17(14)31-3)22(27)20-21(26(9-10-30-2)25(29)23(20)28)16-12-18(32-4)24(34-6)19(13-16)33-5/h7-8,11-13,21,27H,9-10H2,1-6H3/b22-20-. The predicted octanol–water partition coefficient (Wildman–Crippen LogP) is 3.10. The lowest BCUT2D eigenvalue weighted by Crippen LogP contribution is -2.32. The highest BCUT2D eigenvalue weighted by molar-refractivity contribution is 6.46. The molecule has 1 heterocycles. The first-order chi connectivity index (χ1) is 16.3. The summed E-state index contributed by atoms with van der Waals surface area (Å²) in [7, 11) is 7.49. The number of ether oxygens (including phenoxy) is 5. The first-order valence-electron chi connectivity index (χ1n) is 10.5. The zero-order chi connectivity index (χ0) is 25.0. The molecule has 0 aliphatic carbocycles. The average molecular weight is 472 g/mol. The van der Waals surface area contributed by atoms with Crippen LogP contribution < -0.4 is 18.9 Å². The molecular weight excluding hydrogens is 442 g/mol. The summed E-state index contributed by atoms with van der Waals surface area (Å²) in [5, 5.41) is 11.2. The van der Waals surface area contributed by atoms with Crippen molar-refractivity contribution in [2.24, 2.45) is 0 Å². The van der Waals surface area contributed by atoms with Crippen LogP contribution in [0.25, 0.3) is 5.76 Å². The number of hydrogen-bond acceptors (Lipinski definition) is 8. The van der Waals surface area contributed by atoms with Crippen molar-refractivity contribution < 1.29 is 38.4 Å². The molecule has 9 nitrogen and oxygen atoms in total. The number of nitrogens with zero attached hydrogens (tertiary/aromatic N) is 1. The van der Waals surface area contributed by atoms with Gasteiger partial charge in [0, 0.05) is 19.2 Å². The van der Waals surface area contributed by atoms with Gasteiger partial charge in [-0.25, -0.2) is 0 Å². The van der Waals surface area contributed by atoms with Gasteiger partial charge in [-0.1, -0.05) is 0 Å². The zero-order valence-electron chi connectivity index (χ0n) is 20.1. The van der Waals surface area contributed by atoms with Gasteiger partial charge in [0.25, 0.3) is 11.7 Å². The Morgan fingerprint density at radius 2 is 1.53 bits per heavy atom. The Hall–Kier alpha value is -3.72. The number of benzene rings is 2. The summed E-state index contributed by atoms with van der Waals surface area (Å²) in [6.07, 6.45) is 0. The summed E-state index contributed by atoms with van der Waals surface area (Å²) in [4.78, 5) is 27.5. The smallest absolute Gasteiger partial charge is 0.295 e. The summed E-state index contributed by atoms with van der Waals surface area (Å²) in [6.45, 7) is 2.17. The SMILES string of the molecule is COCCN1C(=O)C(=O)/C(=C(\O)c2ccc(OC)c(C)c2)C1c1cc(OC)c(OC)c(OC)c1. The van der Waals surface area contributed by atoms with Crippen LogP contribution in [-0.4, -0.2) is 70.4 Å². The van der Waals surface area contributed by atoms with E-state index in [4.69, 9.17) is 23.7 Å². The molecule has 1 aliphatic heterocycles. The summed E-state index contributed by atoms with van der Waals surface area (Å²) >= 11 is 0. The van der Waals surface area contributed by atoms with E-state index in [1.54, 1.807) is 37.4 Å². The highest BCUT2D eigenvalue weighted by atomic mass is 16.5. The van der Waals surface area contributed by atoms with Gasteiger partial charge in [0.05, 0.1) is 46.7 Å². The highest BCUT2D eigenvalue weighted by Crippen LogP contribution is 2.45. The van der Waals surface area contributed by atoms with Crippen LogP contribution in [0.2, 0.25) is 0 Å². The molecule has 1 atom stereocenters. The molecule has 0 spiro atoms. The van der Waals surface area contributed by atoms with Gasteiger partial charge in [-0.2, -0.15) is 0 Å². The monoisotopic (exact) mass is 471 g/mol. The molecule has 34 heavy (non-hydrogen) atoms. The van der Waals surface area contributed by atoms with E-state index in [1.807, 2.05) is 6.92 Å².